The molecule has 0 radical (unpaired) electrons. The topological polar surface area (TPSA) is 18.1 Å². The zero-order valence-corrected chi connectivity index (χ0v) is 16.9. The molecule has 0 atom stereocenters. The van der Waals surface area contributed by atoms with Crippen LogP contribution >= 0.6 is 0 Å². The van der Waals surface area contributed by atoms with E-state index in [2.05, 4.69) is 93.5 Å². The average molecular weight is 367 g/mol. The third kappa shape index (κ3) is 2.56. The molecule has 2 heteroatoms. The number of hydrogen-bond donors (Lipinski definition) is 0. The van der Waals surface area contributed by atoms with Gasteiger partial charge in [-0.3, -0.25) is 0 Å². The second-order valence-electron chi connectivity index (χ2n) is 7.02. The molecule has 140 valence electrons. The highest BCUT2D eigenvalue weighted by Crippen LogP contribution is 2.37. The van der Waals surface area contributed by atoms with Gasteiger partial charge < -0.3 is 8.98 Å². The van der Waals surface area contributed by atoms with Crippen molar-refractivity contribution in [3.8, 4) is 17.1 Å². The Labute approximate surface area is 165 Å². The highest BCUT2D eigenvalue weighted by atomic mass is 16.3. The second-order valence-corrected chi connectivity index (χ2v) is 7.02. The minimum Gasteiger partial charge on any atom is -0.454 e. The van der Waals surface area contributed by atoms with E-state index in [-0.39, 0.29) is 0 Å². The molecular weight excluding hydrogens is 342 g/mol. The van der Waals surface area contributed by atoms with Crippen LogP contribution in [0.15, 0.2) is 59.5 Å². The molecule has 4 aromatic rings. The molecule has 2 aromatic carbocycles. The van der Waals surface area contributed by atoms with Crippen LogP contribution in [0.25, 0.3) is 46.3 Å². The van der Waals surface area contributed by atoms with Crippen LogP contribution in [0.4, 0.5) is 0 Å². The zero-order chi connectivity index (χ0) is 19.8. The largest absolute Gasteiger partial charge is 0.454 e. The van der Waals surface area contributed by atoms with E-state index in [1.165, 1.54) is 16.1 Å². The van der Waals surface area contributed by atoms with Gasteiger partial charge >= 0.3 is 0 Å². The van der Waals surface area contributed by atoms with Gasteiger partial charge in [-0.1, -0.05) is 61.2 Å². The Hall–Kier alpha value is -3.26. The summed E-state index contributed by atoms with van der Waals surface area (Å²) in [5, 5.41) is 3.51. The minimum absolute atomic E-state index is 0.872. The van der Waals surface area contributed by atoms with E-state index in [4.69, 9.17) is 4.42 Å². The number of para-hydroxylation sites is 2. The van der Waals surface area contributed by atoms with Crippen LogP contribution in [-0.2, 0) is 0 Å². The van der Waals surface area contributed by atoms with Gasteiger partial charge in [-0.2, -0.15) is 0 Å². The number of aromatic nitrogens is 1. The number of aryl methyl sites for hydroxylation is 1. The van der Waals surface area contributed by atoms with Crippen LogP contribution in [0.5, 0.6) is 0 Å². The maximum absolute atomic E-state index is 6.49. The Morgan fingerprint density at radius 3 is 2.32 bits per heavy atom. The summed E-state index contributed by atoms with van der Waals surface area (Å²) in [4.78, 5) is 0. The van der Waals surface area contributed by atoms with Crippen LogP contribution in [0.3, 0.4) is 0 Å². The maximum atomic E-state index is 6.49. The van der Waals surface area contributed by atoms with Crippen molar-refractivity contribution in [2.24, 2.45) is 0 Å². The van der Waals surface area contributed by atoms with Gasteiger partial charge in [0, 0.05) is 22.0 Å². The smallest absolute Gasteiger partial charge is 0.159 e. The molecule has 0 unspecified atom stereocenters. The SMILES string of the molecule is C=Cc1c(-c2c(C)c(=C/C)/c(=C\C)n2-c2ccccc2)oc2c(C)cccc12. The predicted octanol–water partition coefficient (Wildman–Crippen LogP) is 5.75. The Balaban J connectivity index is 2.22. The van der Waals surface area contributed by atoms with Gasteiger partial charge in [-0.25, -0.2) is 0 Å². The fraction of sp³-hybridized carbons (Fsp3) is 0.154. The summed E-state index contributed by atoms with van der Waals surface area (Å²) in [5.41, 5.74) is 6.51. The van der Waals surface area contributed by atoms with Crippen LogP contribution in [-0.4, -0.2) is 4.57 Å². The lowest BCUT2D eigenvalue weighted by molar-refractivity contribution is 0.622. The molecule has 0 saturated carbocycles. The first kappa shape index (κ1) is 18.1. The molecule has 0 spiro atoms. The molecule has 0 aliphatic carbocycles. The quantitative estimate of drug-likeness (QED) is 0.451. The number of benzene rings is 2. The summed E-state index contributed by atoms with van der Waals surface area (Å²) < 4.78 is 8.78. The molecule has 0 bridgehead atoms. The van der Waals surface area contributed by atoms with Gasteiger partial charge in [0.1, 0.15) is 5.58 Å². The summed E-state index contributed by atoms with van der Waals surface area (Å²) in [6.07, 6.45) is 6.25. The molecule has 0 fully saturated rings. The Bertz CT molecular complexity index is 1300. The Morgan fingerprint density at radius 1 is 0.929 bits per heavy atom. The molecule has 0 amide bonds. The van der Waals surface area contributed by atoms with Crippen LogP contribution < -0.4 is 10.6 Å². The van der Waals surface area contributed by atoms with Gasteiger partial charge in [0.05, 0.1) is 5.69 Å². The molecule has 28 heavy (non-hydrogen) atoms. The third-order valence-electron chi connectivity index (χ3n) is 5.45. The van der Waals surface area contributed by atoms with E-state index in [9.17, 15) is 0 Å². The van der Waals surface area contributed by atoms with E-state index in [0.717, 1.165) is 39.2 Å². The summed E-state index contributed by atoms with van der Waals surface area (Å²) in [6, 6.07) is 16.7. The third-order valence-corrected chi connectivity index (χ3v) is 5.45. The monoisotopic (exact) mass is 367 g/mol. The molecule has 2 aromatic heterocycles. The second kappa shape index (κ2) is 7.05. The van der Waals surface area contributed by atoms with E-state index >= 15 is 0 Å². The molecule has 0 N–H and O–H groups in total. The van der Waals surface area contributed by atoms with E-state index < -0.39 is 0 Å². The Kier molecular flexibility index (Phi) is 4.56. The highest BCUT2D eigenvalue weighted by Gasteiger charge is 2.22. The lowest BCUT2D eigenvalue weighted by Crippen LogP contribution is -2.28. The zero-order valence-electron chi connectivity index (χ0n) is 16.9. The van der Waals surface area contributed by atoms with Crippen LogP contribution in [0, 0.1) is 13.8 Å². The molecule has 0 saturated heterocycles. The van der Waals surface area contributed by atoms with E-state index in [1.807, 2.05) is 12.1 Å². The van der Waals surface area contributed by atoms with Crippen LogP contribution in [0.2, 0.25) is 0 Å². The van der Waals surface area contributed by atoms with Crippen molar-refractivity contribution >= 4 is 29.2 Å². The normalized spacial score (nSPS) is 12.9. The summed E-state index contributed by atoms with van der Waals surface area (Å²) in [7, 11) is 0. The predicted molar refractivity (Wildman–Crippen MR) is 120 cm³/mol. The molecule has 2 nitrogen and oxygen atoms in total. The van der Waals surface area contributed by atoms with Crippen LogP contribution in [0.1, 0.15) is 30.5 Å². The summed E-state index contributed by atoms with van der Waals surface area (Å²) >= 11 is 0. The Morgan fingerprint density at radius 2 is 1.68 bits per heavy atom. The number of fused-ring (bicyclic) bond motifs is 1. The van der Waals surface area contributed by atoms with Crippen molar-refractivity contribution in [3.05, 3.63) is 82.4 Å². The molecular formula is C26H25NO. The number of hydrogen-bond acceptors (Lipinski definition) is 1. The van der Waals surface area contributed by atoms with Crippen molar-refractivity contribution in [2.75, 3.05) is 0 Å². The molecule has 2 heterocycles. The standard InChI is InChI=1S/C26H25NO/c1-6-20-18(5)24(27(23(20)8-3)19-14-10-9-11-15-19)26-21(7-2)22-16-12-13-17(4)25(22)28-26/h6-16H,2H2,1,3-5H3/b20-6-,23-8+. The molecule has 0 aliphatic rings. The van der Waals surface area contributed by atoms with Gasteiger partial charge in [-0.05, 0) is 56.2 Å². The first-order valence-electron chi connectivity index (χ1n) is 9.66. The van der Waals surface area contributed by atoms with E-state index in [0.29, 0.717) is 0 Å². The fourth-order valence-electron chi connectivity index (χ4n) is 4.15. The molecule has 4 rings (SSSR count). The molecule has 0 aliphatic heterocycles. The van der Waals surface area contributed by atoms with E-state index in [1.54, 1.807) is 0 Å². The first-order chi connectivity index (χ1) is 13.6. The van der Waals surface area contributed by atoms with Gasteiger partial charge in [0.15, 0.2) is 5.76 Å². The highest BCUT2D eigenvalue weighted by molar-refractivity contribution is 5.95. The van der Waals surface area contributed by atoms with Crippen molar-refractivity contribution in [3.63, 3.8) is 0 Å². The van der Waals surface area contributed by atoms with Gasteiger partial charge in [0.2, 0.25) is 0 Å². The average Bonchev–Trinajstić information content (AvgIpc) is 3.23. The number of rotatable bonds is 3. The lowest BCUT2D eigenvalue weighted by atomic mass is 10.1. The van der Waals surface area contributed by atoms with Crippen molar-refractivity contribution in [2.45, 2.75) is 27.7 Å². The number of nitrogens with zero attached hydrogens (tertiary/aromatic N) is 1. The maximum Gasteiger partial charge on any atom is 0.159 e. The van der Waals surface area contributed by atoms with Gasteiger partial charge in [-0.15, -0.1) is 0 Å². The van der Waals surface area contributed by atoms with Crippen molar-refractivity contribution in [1.29, 1.82) is 0 Å². The van der Waals surface area contributed by atoms with Crippen molar-refractivity contribution < 1.29 is 4.42 Å². The number of furan rings is 1. The summed E-state index contributed by atoms with van der Waals surface area (Å²) in [6.45, 7) is 12.5. The fourth-order valence-corrected chi connectivity index (χ4v) is 4.15. The minimum atomic E-state index is 0.872. The first-order valence-corrected chi connectivity index (χ1v) is 9.66. The van der Waals surface area contributed by atoms with Gasteiger partial charge in [0.25, 0.3) is 0 Å². The summed E-state index contributed by atoms with van der Waals surface area (Å²) in [5.74, 6) is 0.872. The van der Waals surface area contributed by atoms with Crippen molar-refractivity contribution in [1.82, 2.24) is 4.57 Å². The lowest BCUT2D eigenvalue weighted by Gasteiger charge is -2.10.